The Bertz CT molecular complexity index is 990. The standard InChI is InChI=1S/C19H15N3OS2/c1-2-22(19-21-14-10-6-7-11-16(14)25-19)18(23)15-12-24-17(20-15)13-8-4-3-5-9-13/h3-12H,2H2,1H3. The van der Waals surface area contributed by atoms with Crippen LogP contribution in [0.25, 0.3) is 20.8 Å². The molecule has 4 nitrogen and oxygen atoms in total. The van der Waals surface area contributed by atoms with Crippen LogP contribution in [-0.2, 0) is 0 Å². The topological polar surface area (TPSA) is 46.1 Å². The minimum Gasteiger partial charge on any atom is -0.283 e. The molecular weight excluding hydrogens is 350 g/mol. The Morgan fingerprint density at radius 1 is 1.04 bits per heavy atom. The summed E-state index contributed by atoms with van der Waals surface area (Å²) in [5.41, 5.74) is 2.40. The third-order valence-electron chi connectivity index (χ3n) is 3.82. The van der Waals surface area contributed by atoms with Crippen molar-refractivity contribution < 1.29 is 4.79 Å². The number of nitrogens with zero attached hydrogens (tertiary/aromatic N) is 3. The van der Waals surface area contributed by atoms with Crippen LogP contribution in [0, 0.1) is 0 Å². The smallest absolute Gasteiger partial charge is 0.279 e. The van der Waals surface area contributed by atoms with Crippen LogP contribution in [0.2, 0.25) is 0 Å². The third kappa shape index (κ3) is 3.06. The molecule has 0 bridgehead atoms. The summed E-state index contributed by atoms with van der Waals surface area (Å²) in [6.07, 6.45) is 0. The molecule has 0 spiro atoms. The van der Waals surface area contributed by atoms with Gasteiger partial charge in [-0.25, -0.2) is 9.97 Å². The average Bonchev–Trinajstić information content (AvgIpc) is 3.30. The van der Waals surface area contributed by atoms with Gasteiger partial charge in [0.25, 0.3) is 5.91 Å². The van der Waals surface area contributed by atoms with Crippen LogP contribution in [0.1, 0.15) is 17.4 Å². The zero-order valence-electron chi connectivity index (χ0n) is 13.5. The zero-order valence-corrected chi connectivity index (χ0v) is 15.2. The van der Waals surface area contributed by atoms with Gasteiger partial charge in [-0.2, -0.15) is 0 Å². The molecule has 124 valence electrons. The SMILES string of the molecule is CCN(C(=O)c1csc(-c2ccccc2)n1)c1nc2ccccc2s1. The molecule has 25 heavy (non-hydrogen) atoms. The number of thiazole rings is 2. The van der Waals surface area contributed by atoms with Gasteiger partial charge in [-0.05, 0) is 19.1 Å². The maximum atomic E-state index is 12.9. The molecule has 0 aliphatic heterocycles. The minimum absolute atomic E-state index is 0.111. The Balaban J connectivity index is 1.65. The van der Waals surface area contributed by atoms with E-state index < -0.39 is 0 Å². The Kier molecular flexibility index (Phi) is 4.29. The van der Waals surface area contributed by atoms with Crippen LogP contribution in [0.5, 0.6) is 0 Å². The monoisotopic (exact) mass is 365 g/mol. The first-order valence-corrected chi connectivity index (χ1v) is 9.64. The fraction of sp³-hybridized carbons (Fsp3) is 0.105. The molecule has 0 N–H and O–H groups in total. The van der Waals surface area contributed by atoms with Gasteiger partial charge in [-0.3, -0.25) is 9.69 Å². The van der Waals surface area contributed by atoms with Crippen LogP contribution >= 0.6 is 22.7 Å². The summed E-state index contributed by atoms with van der Waals surface area (Å²) >= 11 is 3.01. The number of fused-ring (bicyclic) bond motifs is 1. The van der Waals surface area contributed by atoms with Gasteiger partial charge in [-0.15, -0.1) is 11.3 Å². The molecule has 0 atom stereocenters. The van der Waals surface area contributed by atoms with E-state index in [9.17, 15) is 4.79 Å². The number of aromatic nitrogens is 2. The predicted octanol–water partition coefficient (Wildman–Crippen LogP) is 5.09. The van der Waals surface area contributed by atoms with Gasteiger partial charge in [-0.1, -0.05) is 53.8 Å². The lowest BCUT2D eigenvalue weighted by Gasteiger charge is -2.15. The highest BCUT2D eigenvalue weighted by molar-refractivity contribution is 7.22. The Morgan fingerprint density at radius 2 is 1.80 bits per heavy atom. The van der Waals surface area contributed by atoms with Crippen molar-refractivity contribution in [2.75, 3.05) is 11.4 Å². The van der Waals surface area contributed by atoms with E-state index in [1.54, 1.807) is 4.90 Å². The summed E-state index contributed by atoms with van der Waals surface area (Å²) in [7, 11) is 0. The third-order valence-corrected chi connectivity index (χ3v) is 5.77. The number of hydrogen-bond donors (Lipinski definition) is 0. The lowest BCUT2D eigenvalue weighted by Crippen LogP contribution is -2.30. The Labute approximate surface area is 153 Å². The van der Waals surface area contributed by atoms with Crippen LogP contribution in [0.4, 0.5) is 5.13 Å². The maximum Gasteiger partial charge on any atom is 0.279 e. The Morgan fingerprint density at radius 3 is 2.56 bits per heavy atom. The van der Waals surface area contributed by atoms with Crippen LogP contribution in [0.3, 0.4) is 0 Å². The molecule has 2 aromatic heterocycles. The van der Waals surface area contributed by atoms with Crippen molar-refractivity contribution in [2.24, 2.45) is 0 Å². The molecule has 0 unspecified atom stereocenters. The molecule has 0 saturated carbocycles. The van der Waals surface area contributed by atoms with E-state index in [1.807, 2.05) is 66.9 Å². The summed E-state index contributed by atoms with van der Waals surface area (Å²) in [5, 5.41) is 3.38. The minimum atomic E-state index is -0.111. The molecule has 0 saturated heterocycles. The van der Waals surface area contributed by atoms with Crippen molar-refractivity contribution in [3.05, 3.63) is 65.7 Å². The van der Waals surface area contributed by atoms with Crippen molar-refractivity contribution in [3.8, 4) is 10.6 Å². The fourth-order valence-electron chi connectivity index (χ4n) is 2.56. The number of carbonyl (C=O) groups excluding carboxylic acids is 1. The lowest BCUT2D eigenvalue weighted by atomic mass is 10.2. The number of carbonyl (C=O) groups is 1. The predicted molar refractivity (Wildman–Crippen MR) is 105 cm³/mol. The van der Waals surface area contributed by atoms with Gasteiger partial charge < -0.3 is 0 Å². The molecule has 0 aliphatic rings. The molecule has 0 aliphatic carbocycles. The highest BCUT2D eigenvalue weighted by Gasteiger charge is 2.22. The maximum absolute atomic E-state index is 12.9. The zero-order chi connectivity index (χ0) is 17.2. The highest BCUT2D eigenvalue weighted by atomic mass is 32.1. The summed E-state index contributed by atoms with van der Waals surface area (Å²) in [5.74, 6) is -0.111. The molecular formula is C19H15N3OS2. The number of anilines is 1. The van der Waals surface area contributed by atoms with E-state index in [0.717, 1.165) is 20.8 Å². The van der Waals surface area contributed by atoms with E-state index in [1.165, 1.54) is 22.7 Å². The first-order chi connectivity index (χ1) is 12.3. The van der Waals surface area contributed by atoms with Gasteiger partial charge >= 0.3 is 0 Å². The van der Waals surface area contributed by atoms with E-state index in [-0.39, 0.29) is 5.91 Å². The number of amides is 1. The second-order valence-corrected chi connectivity index (χ2v) is 7.28. The Hall–Kier alpha value is -2.57. The van der Waals surface area contributed by atoms with Crippen LogP contribution in [-0.4, -0.2) is 22.4 Å². The van der Waals surface area contributed by atoms with E-state index in [4.69, 9.17) is 0 Å². The van der Waals surface area contributed by atoms with Crippen molar-refractivity contribution in [1.29, 1.82) is 0 Å². The molecule has 2 heterocycles. The van der Waals surface area contributed by atoms with E-state index >= 15 is 0 Å². The number of rotatable bonds is 4. The highest BCUT2D eigenvalue weighted by Crippen LogP contribution is 2.30. The average molecular weight is 365 g/mol. The summed E-state index contributed by atoms with van der Waals surface area (Å²) in [4.78, 5) is 23.8. The summed E-state index contributed by atoms with van der Waals surface area (Å²) < 4.78 is 1.08. The second kappa shape index (κ2) is 6.74. The number of benzene rings is 2. The quantitative estimate of drug-likeness (QED) is 0.506. The van der Waals surface area contributed by atoms with Crippen LogP contribution < -0.4 is 4.90 Å². The van der Waals surface area contributed by atoms with Crippen molar-refractivity contribution >= 4 is 43.9 Å². The largest absolute Gasteiger partial charge is 0.283 e. The number of para-hydroxylation sites is 1. The van der Waals surface area contributed by atoms with Gasteiger partial charge in [0.1, 0.15) is 10.7 Å². The van der Waals surface area contributed by atoms with E-state index in [2.05, 4.69) is 9.97 Å². The summed E-state index contributed by atoms with van der Waals surface area (Å²) in [6.45, 7) is 2.51. The normalized spacial score (nSPS) is 10.9. The van der Waals surface area contributed by atoms with Crippen molar-refractivity contribution in [1.82, 2.24) is 9.97 Å². The lowest BCUT2D eigenvalue weighted by molar-refractivity contribution is 0.0984. The van der Waals surface area contributed by atoms with Crippen molar-refractivity contribution in [2.45, 2.75) is 6.92 Å². The molecule has 2 aromatic carbocycles. The fourth-order valence-corrected chi connectivity index (χ4v) is 4.39. The number of hydrogen-bond acceptors (Lipinski definition) is 5. The van der Waals surface area contributed by atoms with Gasteiger partial charge in [0.15, 0.2) is 5.13 Å². The van der Waals surface area contributed by atoms with Crippen molar-refractivity contribution in [3.63, 3.8) is 0 Å². The first-order valence-electron chi connectivity index (χ1n) is 7.94. The van der Waals surface area contributed by atoms with Gasteiger partial charge in [0, 0.05) is 17.5 Å². The second-order valence-electron chi connectivity index (χ2n) is 5.42. The summed E-state index contributed by atoms with van der Waals surface area (Å²) in [6, 6.07) is 17.8. The molecule has 0 fully saturated rings. The molecule has 6 heteroatoms. The molecule has 0 radical (unpaired) electrons. The molecule has 4 aromatic rings. The first kappa shape index (κ1) is 15.9. The van der Waals surface area contributed by atoms with E-state index in [0.29, 0.717) is 17.4 Å². The molecule has 1 amide bonds. The van der Waals surface area contributed by atoms with Crippen LogP contribution in [0.15, 0.2) is 60.0 Å². The van der Waals surface area contributed by atoms with Gasteiger partial charge in [0.05, 0.1) is 10.2 Å². The molecule has 4 rings (SSSR count). The van der Waals surface area contributed by atoms with Gasteiger partial charge in [0.2, 0.25) is 0 Å².